The third-order valence-corrected chi connectivity index (χ3v) is 16.4. The summed E-state index contributed by atoms with van der Waals surface area (Å²) in [6, 6.07) is 0. The van der Waals surface area contributed by atoms with E-state index in [4.69, 9.17) is 55.3 Å². The number of ether oxygens (including phenoxy) is 1. The van der Waals surface area contributed by atoms with E-state index < -0.39 is 24.2 Å². The van der Waals surface area contributed by atoms with Crippen molar-refractivity contribution in [1.82, 2.24) is 0 Å². The van der Waals surface area contributed by atoms with Crippen molar-refractivity contribution in [2.45, 2.75) is 318 Å². The van der Waals surface area contributed by atoms with Crippen LogP contribution in [0.5, 0.6) is 0 Å². The van der Waals surface area contributed by atoms with Crippen molar-refractivity contribution in [3.05, 3.63) is 0 Å². The summed E-state index contributed by atoms with van der Waals surface area (Å²) in [6.45, 7) is 8.15. The normalized spacial score (nSPS) is 16.2. The van der Waals surface area contributed by atoms with Crippen LogP contribution in [0.25, 0.3) is 0 Å². The Bertz CT molecular complexity index is 934. The molecule has 0 aromatic rings. The zero-order valence-corrected chi connectivity index (χ0v) is 46.3. The summed E-state index contributed by atoms with van der Waals surface area (Å²) in [5, 5.41) is 31.5. The van der Waals surface area contributed by atoms with Crippen molar-refractivity contribution < 1.29 is 24.9 Å². The fourth-order valence-electron chi connectivity index (χ4n) is 9.70. The number of hydrogen-bond donors (Lipinski definition) is 7. The Kier molecular flexibility index (Phi) is 46.7. The molecule has 0 spiro atoms. The minimum atomic E-state index is -1.36. The van der Waals surface area contributed by atoms with E-state index >= 15 is 4.79 Å². The molecule has 0 bridgehead atoms. The van der Waals surface area contributed by atoms with Gasteiger partial charge in [0.2, 0.25) is 0 Å². The van der Waals surface area contributed by atoms with Crippen LogP contribution in [0.4, 0.5) is 0 Å². The SMILES string of the molecule is CCCCCCCCCC(S)CCC(CCC(S)CCCCCCCCC)C(CCC(S)CCCCCCCCC)(CCC(S)CCCCCCCCC)C(=O)OC[C@H](O)[C@H](O)CO. The second-order valence-corrected chi connectivity index (χ2v) is 23.2. The van der Waals surface area contributed by atoms with Gasteiger partial charge in [0.05, 0.1) is 12.0 Å². The number of aliphatic hydroxyl groups is 3. The van der Waals surface area contributed by atoms with Crippen molar-refractivity contribution in [2.24, 2.45) is 11.3 Å². The van der Waals surface area contributed by atoms with Gasteiger partial charge in [-0.3, -0.25) is 4.79 Å². The number of thiol groups is 4. The summed E-state index contributed by atoms with van der Waals surface area (Å²) in [6.07, 6.45) is 44.0. The molecule has 0 aromatic carbocycles. The molecule has 0 radical (unpaired) electrons. The molecule has 0 aromatic heterocycles. The van der Waals surface area contributed by atoms with Gasteiger partial charge in [-0.1, -0.05) is 207 Å². The maximum absolute atomic E-state index is 15.1. The molecule has 5 nitrogen and oxygen atoms in total. The summed E-state index contributed by atoms with van der Waals surface area (Å²) < 4.78 is 6.13. The van der Waals surface area contributed by atoms with E-state index in [0.29, 0.717) is 12.8 Å². The number of hydrogen-bond acceptors (Lipinski definition) is 9. The number of carbonyl (C=O) groups is 1. The average molecular weight is 980 g/mol. The van der Waals surface area contributed by atoms with Gasteiger partial charge in [0.1, 0.15) is 18.8 Å². The van der Waals surface area contributed by atoms with E-state index in [0.717, 1.165) is 77.0 Å². The fraction of sp³-hybridized carbons (Fsp3) is 0.982. The van der Waals surface area contributed by atoms with E-state index in [-0.39, 0.29) is 39.5 Å². The van der Waals surface area contributed by atoms with Crippen LogP contribution in [0.3, 0.4) is 0 Å². The second-order valence-electron chi connectivity index (χ2n) is 20.3. The first kappa shape index (κ1) is 64.8. The molecule has 4 unspecified atom stereocenters. The quantitative estimate of drug-likeness (QED) is 0.0188. The monoisotopic (exact) mass is 979 g/mol. The molecule has 0 rings (SSSR count). The first-order chi connectivity index (χ1) is 31.0. The predicted molar refractivity (Wildman–Crippen MR) is 294 cm³/mol. The molecule has 3 N–H and O–H groups in total. The Hall–Kier alpha value is 0.750. The lowest BCUT2D eigenvalue weighted by atomic mass is 9.65. The molecule has 6 atom stereocenters. The molecule has 0 heterocycles. The molecule has 9 heteroatoms. The number of aliphatic hydroxyl groups excluding tert-OH is 3. The Morgan fingerprint density at radius 3 is 0.984 bits per heavy atom. The van der Waals surface area contributed by atoms with Crippen molar-refractivity contribution in [3.63, 3.8) is 0 Å². The number of esters is 1. The summed E-state index contributed by atoms with van der Waals surface area (Å²) in [4.78, 5) is 15.1. The molecule has 0 aliphatic carbocycles. The highest BCUT2D eigenvalue weighted by molar-refractivity contribution is 7.81. The van der Waals surface area contributed by atoms with Crippen molar-refractivity contribution in [1.29, 1.82) is 0 Å². The lowest BCUT2D eigenvalue weighted by Crippen LogP contribution is -2.44. The first-order valence-corrected chi connectivity index (χ1v) is 29.9. The molecule has 0 amide bonds. The van der Waals surface area contributed by atoms with Crippen LogP contribution in [0.1, 0.15) is 285 Å². The zero-order valence-electron chi connectivity index (χ0n) is 42.7. The van der Waals surface area contributed by atoms with Crippen LogP contribution in [0.2, 0.25) is 0 Å². The largest absolute Gasteiger partial charge is 0.462 e. The highest BCUT2D eigenvalue weighted by Gasteiger charge is 2.46. The number of rotatable bonds is 50. The van der Waals surface area contributed by atoms with E-state index in [9.17, 15) is 15.3 Å². The predicted octanol–water partition coefficient (Wildman–Crippen LogP) is 16.7. The molecule has 0 saturated carbocycles. The van der Waals surface area contributed by atoms with Gasteiger partial charge in [0.15, 0.2) is 0 Å². The maximum atomic E-state index is 15.1. The molecular weight excluding hydrogens is 869 g/mol. The maximum Gasteiger partial charge on any atom is 0.312 e. The Morgan fingerprint density at radius 1 is 0.406 bits per heavy atom. The molecule has 0 aliphatic heterocycles. The van der Waals surface area contributed by atoms with Crippen LogP contribution in [-0.4, -0.2) is 67.7 Å². The Morgan fingerprint density at radius 2 is 0.688 bits per heavy atom. The topological polar surface area (TPSA) is 87.0 Å². The van der Waals surface area contributed by atoms with Crippen molar-refractivity contribution in [2.75, 3.05) is 13.2 Å². The average Bonchev–Trinajstić information content (AvgIpc) is 3.29. The van der Waals surface area contributed by atoms with E-state index in [1.165, 1.54) is 167 Å². The molecule has 0 fully saturated rings. The van der Waals surface area contributed by atoms with Crippen molar-refractivity contribution in [3.8, 4) is 0 Å². The minimum Gasteiger partial charge on any atom is -0.462 e. The van der Waals surface area contributed by atoms with Crippen LogP contribution in [-0.2, 0) is 9.53 Å². The molecular formula is C55H110O5S4. The molecule has 384 valence electrons. The summed E-state index contributed by atoms with van der Waals surface area (Å²) in [5.74, 6) is -0.203. The lowest BCUT2D eigenvalue weighted by molar-refractivity contribution is -0.168. The van der Waals surface area contributed by atoms with Crippen LogP contribution in [0.15, 0.2) is 0 Å². The standard InChI is InChI=1S/C55H110O5S4/c1-5-9-13-17-21-25-29-33-48(61)39-37-47(38-40-49(62)34-30-26-22-18-14-10-6-2)55(54(59)60-46-53(58)52(57)45-56,43-41-50(63)35-31-27-23-19-15-11-7-3)44-42-51(64)36-32-28-24-20-16-12-8-4/h47-53,56-58,61-64H,5-46H2,1-4H3/t47?,48?,49?,50?,51?,52-,53+,55?/m1/s1. The van der Waals surface area contributed by atoms with Gasteiger partial charge in [-0.05, 0) is 83.0 Å². The summed E-state index contributed by atoms with van der Waals surface area (Å²) >= 11 is 20.7. The van der Waals surface area contributed by atoms with E-state index in [1.54, 1.807) is 0 Å². The van der Waals surface area contributed by atoms with E-state index in [2.05, 4.69) is 27.7 Å². The summed E-state index contributed by atoms with van der Waals surface area (Å²) in [5.41, 5.74) is -0.786. The van der Waals surface area contributed by atoms with Gasteiger partial charge in [-0.25, -0.2) is 0 Å². The number of unbranched alkanes of at least 4 members (excludes halogenated alkanes) is 24. The molecule has 0 aliphatic rings. The summed E-state index contributed by atoms with van der Waals surface area (Å²) in [7, 11) is 0. The van der Waals surface area contributed by atoms with Gasteiger partial charge in [-0.2, -0.15) is 50.5 Å². The van der Waals surface area contributed by atoms with Crippen LogP contribution in [0, 0.1) is 11.3 Å². The van der Waals surface area contributed by atoms with Crippen LogP contribution < -0.4 is 0 Å². The fourth-order valence-corrected chi connectivity index (χ4v) is 11.0. The van der Waals surface area contributed by atoms with E-state index in [1.807, 2.05) is 0 Å². The third-order valence-electron chi connectivity index (χ3n) is 14.3. The number of carbonyl (C=O) groups excluding carboxylic acids is 1. The van der Waals surface area contributed by atoms with Crippen molar-refractivity contribution >= 4 is 56.5 Å². The highest BCUT2D eigenvalue weighted by Crippen LogP contribution is 2.47. The highest BCUT2D eigenvalue weighted by atomic mass is 32.1. The van der Waals surface area contributed by atoms with Gasteiger partial charge < -0.3 is 20.1 Å². The molecule has 64 heavy (non-hydrogen) atoms. The van der Waals surface area contributed by atoms with Gasteiger partial charge >= 0.3 is 5.97 Å². The minimum absolute atomic E-state index is 0.0606. The zero-order chi connectivity index (χ0) is 47.5. The van der Waals surface area contributed by atoms with Gasteiger partial charge in [0, 0.05) is 21.0 Å². The smallest absolute Gasteiger partial charge is 0.312 e. The third kappa shape index (κ3) is 35.8. The first-order valence-electron chi connectivity index (χ1n) is 27.9. The lowest BCUT2D eigenvalue weighted by Gasteiger charge is -2.41. The van der Waals surface area contributed by atoms with Crippen LogP contribution >= 0.6 is 50.5 Å². The Balaban J connectivity index is 6.54. The Labute approximate surface area is 421 Å². The second kappa shape index (κ2) is 46.2. The van der Waals surface area contributed by atoms with Gasteiger partial charge in [0.25, 0.3) is 0 Å². The molecule has 0 saturated heterocycles. The van der Waals surface area contributed by atoms with Gasteiger partial charge in [-0.15, -0.1) is 0 Å².